The second-order valence-corrected chi connectivity index (χ2v) is 6.26. The van der Waals surface area contributed by atoms with Crippen LogP contribution in [-0.4, -0.2) is 67.9 Å². The zero-order valence-electron chi connectivity index (χ0n) is 14.2. The minimum atomic E-state index is -0.527. The summed E-state index contributed by atoms with van der Waals surface area (Å²) in [6.07, 6.45) is 0.106. The summed E-state index contributed by atoms with van der Waals surface area (Å²) >= 11 is 0. The molecule has 1 heterocycles. The number of likely N-dealkylation sites (N-methyl/N-ethyl adjacent to an activating group) is 1. The van der Waals surface area contributed by atoms with E-state index >= 15 is 0 Å². The summed E-state index contributed by atoms with van der Waals surface area (Å²) in [7, 11) is 3.86. The van der Waals surface area contributed by atoms with E-state index in [2.05, 4.69) is 10.6 Å². The number of carbonyl (C=O) groups excluding carboxylic acids is 2. The standard InChI is InChI=1S/C17H25FN4O2/c1-21(2)8-6-19-16(23)11-15-17(24)20-7-9-22(15)12-13-4-3-5-14(18)10-13/h3-5,10,15H,6-9,11-12H2,1-2H3,(H,19,23)(H,20,24)/t15-/m1/s1. The third-order valence-electron chi connectivity index (χ3n) is 3.98. The maximum absolute atomic E-state index is 13.3. The predicted octanol–water partition coefficient (Wildman–Crippen LogP) is 0.194. The van der Waals surface area contributed by atoms with Crippen molar-refractivity contribution in [3.63, 3.8) is 0 Å². The van der Waals surface area contributed by atoms with Gasteiger partial charge in [0.05, 0.1) is 12.5 Å². The Hall–Kier alpha value is -1.99. The van der Waals surface area contributed by atoms with Crippen molar-refractivity contribution in [1.82, 2.24) is 20.4 Å². The van der Waals surface area contributed by atoms with E-state index < -0.39 is 6.04 Å². The Morgan fingerprint density at radius 3 is 2.96 bits per heavy atom. The zero-order valence-corrected chi connectivity index (χ0v) is 14.2. The predicted molar refractivity (Wildman–Crippen MR) is 89.8 cm³/mol. The highest BCUT2D eigenvalue weighted by molar-refractivity contribution is 5.88. The number of amides is 2. The molecule has 1 fully saturated rings. The van der Waals surface area contributed by atoms with Crippen LogP contribution < -0.4 is 10.6 Å². The number of piperazine rings is 1. The largest absolute Gasteiger partial charge is 0.355 e. The zero-order chi connectivity index (χ0) is 17.5. The summed E-state index contributed by atoms with van der Waals surface area (Å²) in [4.78, 5) is 28.2. The van der Waals surface area contributed by atoms with Gasteiger partial charge in [0.2, 0.25) is 11.8 Å². The molecule has 24 heavy (non-hydrogen) atoms. The minimum Gasteiger partial charge on any atom is -0.355 e. The Balaban J connectivity index is 1.95. The highest BCUT2D eigenvalue weighted by Gasteiger charge is 2.31. The Bertz CT molecular complexity index is 579. The van der Waals surface area contributed by atoms with Crippen LogP contribution in [0.3, 0.4) is 0 Å². The second-order valence-electron chi connectivity index (χ2n) is 6.26. The van der Waals surface area contributed by atoms with Crippen LogP contribution in [0.4, 0.5) is 4.39 Å². The lowest BCUT2D eigenvalue weighted by Crippen LogP contribution is -2.56. The summed E-state index contributed by atoms with van der Waals surface area (Å²) in [5.41, 5.74) is 0.794. The average molecular weight is 336 g/mol. The fourth-order valence-corrected chi connectivity index (χ4v) is 2.71. The summed E-state index contributed by atoms with van der Waals surface area (Å²) in [6, 6.07) is 5.80. The van der Waals surface area contributed by atoms with Gasteiger partial charge in [0, 0.05) is 32.7 Å². The fourth-order valence-electron chi connectivity index (χ4n) is 2.71. The number of nitrogens with zero attached hydrogens (tertiary/aromatic N) is 2. The molecule has 1 aromatic rings. The van der Waals surface area contributed by atoms with E-state index in [9.17, 15) is 14.0 Å². The van der Waals surface area contributed by atoms with Gasteiger partial charge in [0.15, 0.2) is 0 Å². The van der Waals surface area contributed by atoms with Crippen LogP contribution in [0.2, 0.25) is 0 Å². The van der Waals surface area contributed by atoms with E-state index in [1.807, 2.05) is 30.0 Å². The quantitative estimate of drug-likeness (QED) is 0.746. The van der Waals surface area contributed by atoms with Crippen molar-refractivity contribution in [2.45, 2.75) is 19.0 Å². The molecule has 2 N–H and O–H groups in total. The molecule has 132 valence electrons. The molecule has 0 bridgehead atoms. The molecular formula is C17H25FN4O2. The van der Waals surface area contributed by atoms with Gasteiger partial charge in [0.25, 0.3) is 0 Å². The number of hydrogen-bond donors (Lipinski definition) is 2. The molecular weight excluding hydrogens is 311 g/mol. The monoisotopic (exact) mass is 336 g/mol. The summed E-state index contributed by atoms with van der Waals surface area (Å²) in [5, 5.41) is 5.62. The van der Waals surface area contributed by atoms with E-state index in [0.29, 0.717) is 26.2 Å². The maximum Gasteiger partial charge on any atom is 0.237 e. The van der Waals surface area contributed by atoms with Gasteiger partial charge in [-0.05, 0) is 31.8 Å². The summed E-state index contributed by atoms with van der Waals surface area (Å²) < 4.78 is 13.3. The van der Waals surface area contributed by atoms with Crippen molar-refractivity contribution >= 4 is 11.8 Å². The Morgan fingerprint density at radius 2 is 2.25 bits per heavy atom. The first-order valence-corrected chi connectivity index (χ1v) is 8.13. The molecule has 1 aliphatic rings. The first-order chi connectivity index (χ1) is 11.5. The number of nitrogens with one attached hydrogen (secondary N) is 2. The number of halogens is 1. The second kappa shape index (κ2) is 8.75. The van der Waals surface area contributed by atoms with Gasteiger partial charge in [0.1, 0.15) is 5.82 Å². The van der Waals surface area contributed by atoms with Crippen molar-refractivity contribution in [3.8, 4) is 0 Å². The van der Waals surface area contributed by atoms with Crippen LogP contribution in [0.1, 0.15) is 12.0 Å². The van der Waals surface area contributed by atoms with Crippen LogP contribution >= 0.6 is 0 Å². The lowest BCUT2D eigenvalue weighted by Gasteiger charge is -2.34. The average Bonchev–Trinajstić information content (AvgIpc) is 2.50. The van der Waals surface area contributed by atoms with Gasteiger partial charge >= 0.3 is 0 Å². The third kappa shape index (κ3) is 5.58. The number of benzene rings is 1. The molecule has 6 nitrogen and oxygen atoms in total. The van der Waals surface area contributed by atoms with E-state index in [4.69, 9.17) is 0 Å². The topological polar surface area (TPSA) is 64.7 Å². The lowest BCUT2D eigenvalue weighted by molar-refractivity contribution is -0.134. The van der Waals surface area contributed by atoms with Gasteiger partial charge in [-0.3, -0.25) is 14.5 Å². The van der Waals surface area contributed by atoms with E-state index in [1.54, 1.807) is 6.07 Å². The lowest BCUT2D eigenvalue weighted by atomic mass is 10.1. The molecule has 1 saturated heterocycles. The first-order valence-electron chi connectivity index (χ1n) is 8.13. The molecule has 0 unspecified atom stereocenters. The maximum atomic E-state index is 13.3. The molecule has 0 spiro atoms. The van der Waals surface area contributed by atoms with Gasteiger partial charge < -0.3 is 15.5 Å². The normalized spacial score (nSPS) is 18.5. The van der Waals surface area contributed by atoms with Gasteiger partial charge in [-0.1, -0.05) is 12.1 Å². The Kier molecular flexibility index (Phi) is 6.69. The van der Waals surface area contributed by atoms with Crippen LogP contribution in [0, 0.1) is 5.82 Å². The van der Waals surface area contributed by atoms with Gasteiger partial charge in [-0.15, -0.1) is 0 Å². The van der Waals surface area contributed by atoms with Crippen LogP contribution in [0.5, 0.6) is 0 Å². The van der Waals surface area contributed by atoms with Crippen LogP contribution in [0.15, 0.2) is 24.3 Å². The van der Waals surface area contributed by atoms with Crippen molar-refractivity contribution < 1.29 is 14.0 Å². The molecule has 1 aliphatic heterocycles. The molecule has 0 aromatic heterocycles. The Labute approximate surface area is 142 Å². The van der Waals surface area contributed by atoms with E-state index in [-0.39, 0.29) is 24.1 Å². The van der Waals surface area contributed by atoms with Crippen LogP contribution in [-0.2, 0) is 16.1 Å². The van der Waals surface area contributed by atoms with Crippen molar-refractivity contribution in [2.75, 3.05) is 40.3 Å². The van der Waals surface area contributed by atoms with E-state index in [0.717, 1.165) is 12.1 Å². The van der Waals surface area contributed by atoms with Crippen molar-refractivity contribution in [2.24, 2.45) is 0 Å². The van der Waals surface area contributed by atoms with Crippen molar-refractivity contribution in [1.29, 1.82) is 0 Å². The molecule has 1 aromatic carbocycles. The summed E-state index contributed by atoms with van der Waals surface area (Å²) in [5.74, 6) is -0.601. The Morgan fingerprint density at radius 1 is 1.46 bits per heavy atom. The molecule has 0 saturated carbocycles. The van der Waals surface area contributed by atoms with Gasteiger partial charge in [-0.2, -0.15) is 0 Å². The third-order valence-corrected chi connectivity index (χ3v) is 3.98. The van der Waals surface area contributed by atoms with Gasteiger partial charge in [-0.25, -0.2) is 4.39 Å². The SMILES string of the molecule is CN(C)CCNC(=O)C[C@@H]1C(=O)NCCN1Cc1cccc(F)c1. The smallest absolute Gasteiger partial charge is 0.237 e. The minimum absolute atomic E-state index is 0.106. The highest BCUT2D eigenvalue weighted by atomic mass is 19.1. The first kappa shape index (κ1) is 18.4. The fraction of sp³-hybridized carbons (Fsp3) is 0.529. The highest BCUT2D eigenvalue weighted by Crippen LogP contribution is 2.14. The van der Waals surface area contributed by atoms with Crippen molar-refractivity contribution in [3.05, 3.63) is 35.6 Å². The number of rotatable bonds is 7. The molecule has 0 radical (unpaired) electrons. The van der Waals surface area contributed by atoms with E-state index in [1.165, 1.54) is 12.1 Å². The molecule has 1 atom stereocenters. The molecule has 0 aliphatic carbocycles. The molecule has 2 rings (SSSR count). The van der Waals surface area contributed by atoms with Crippen LogP contribution in [0.25, 0.3) is 0 Å². The molecule has 2 amide bonds. The number of hydrogen-bond acceptors (Lipinski definition) is 4. The molecule has 7 heteroatoms. The summed E-state index contributed by atoms with van der Waals surface area (Å²) in [6.45, 7) is 2.91. The number of carbonyl (C=O) groups is 2.